The van der Waals surface area contributed by atoms with Crippen molar-refractivity contribution in [1.29, 1.82) is 0 Å². The van der Waals surface area contributed by atoms with E-state index in [4.69, 9.17) is 9.47 Å². The Morgan fingerprint density at radius 1 is 0.340 bits per heavy atom. The number of benzene rings is 8. The summed E-state index contributed by atoms with van der Waals surface area (Å²) < 4.78 is 13.0. The topological polar surface area (TPSA) is 21.7 Å². The first-order valence-corrected chi connectivity index (χ1v) is 15.8. The van der Waals surface area contributed by atoms with E-state index in [-0.39, 0.29) is 0 Å². The number of rotatable bonds is 5. The van der Waals surface area contributed by atoms with Gasteiger partial charge in [0.1, 0.15) is 11.5 Å². The molecule has 0 aromatic heterocycles. The van der Waals surface area contributed by atoms with Crippen LogP contribution in [0.1, 0.15) is 0 Å². The van der Waals surface area contributed by atoms with Gasteiger partial charge in [-0.3, -0.25) is 0 Å². The molecule has 3 nitrogen and oxygen atoms in total. The highest BCUT2D eigenvalue weighted by Crippen LogP contribution is 2.48. The van der Waals surface area contributed by atoms with E-state index in [2.05, 4.69) is 144 Å². The monoisotopic (exact) mass is 603 g/mol. The number of ether oxygens (including phenoxy) is 2. The van der Waals surface area contributed by atoms with E-state index in [1.54, 1.807) is 0 Å². The lowest BCUT2D eigenvalue weighted by Crippen LogP contribution is -2.10. The first kappa shape index (κ1) is 27.0. The second-order valence-electron chi connectivity index (χ2n) is 11.8. The minimum atomic E-state index is 0.671. The number of anilines is 3. The van der Waals surface area contributed by atoms with Gasteiger partial charge < -0.3 is 14.4 Å². The van der Waals surface area contributed by atoms with Gasteiger partial charge in [0.05, 0.1) is 11.1 Å². The Morgan fingerprint density at radius 3 is 1.64 bits per heavy atom. The van der Waals surface area contributed by atoms with E-state index in [0.29, 0.717) is 11.5 Å². The molecule has 1 aliphatic rings. The van der Waals surface area contributed by atoms with Gasteiger partial charge in [0.2, 0.25) is 0 Å². The molecule has 0 amide bonds. The summed E-state index contributed by atoms with van der Waals surface area (Å²) in [5.41, 5.74) is 7.81. The first-order valence-electron chi connectivity index (χ1n) is 15.8. The highest BCUT2D eigenvalue weighted by molar-refractivity contribution is 5.97. The lowest BCUT2D eigenvalue weighted by Gasteiger charge is -2.26. The summed E-state index contributed by atoms with van der Waals surface area (Å²) in [4.78, 5) is 2.27. The smallest absolute Gasteiger partial charge is 0.172 e. The van der Waals surface area contributed by atoms with Crippen molar-refractivity contribution in [3.8, 4) is 45.3 Å². The average Bonchev–Trinajstić information content (AvgIpc) is 3.30. The molecule has 8 aromatic rings. The zero-order valence-electron chi connectivity index (χ0n) is 25.5. The summed E-state index contributed by atoms with van der Waals surface area (Å²) in [6, 6.07) is 61.4. The lowest BCUT2D eigenvalue weighted by atomic mass is 9.98. The normalized spacial score (nSPS) is 11.7. The average molecular weight is 604 g/mol. The van der Waals surface area contributed by atoms with Gasteiger partial charge in [-0.2, -0.15) is 0 Å². The third-order valence-electron chi connectivity index (χ3n) is 8.91. The molecule has 3 heteroatoms. The van der Waals surface area contributed by atoms with Crippen LogP contribution in [-0.4, -0.2) is 0 Å². The van der Waals surface area contributed by atoms with Crippen LogP contribution in [0.4, 0.5) is 17.1 Å². The van der Waals surface area contributed by atoms with Crippen molar-refractivity contribution in [2.24, 2.45) is 0 Å². The summed E-state index contributed by atoms with van der Waals surface area (Å²) in [5, 5.41) is 4.54. The van der Waals surface area contributed by atoms with Crippen molar-refractivity contribution < 1.29 is 9.47 Å². The van der Waals surface area contributed by atoms with Crippen LogP contribution in [0.15, 0.2) is 176 Å². The number of hydrogen-bond acceptors (Lipinski definition) is 3. The van der Waals surface area contributed by atoms with Gasteiger partial charge in [-0.05, 0) is 86.9 Å². The predicted octanol–water partition coefficient (Wildman–Crippen LogP) is 12.7. The van der Waals surface area contributed by atoms with Gasteiger partial charge in [-0.25, -0.2) is 0 Å². The molecule has 8 aromatic carbocycles. The second kappa shape index (κ2) is 11.2. The largest absolute Gasteiger partial charge is 0.453 e. The van der Waals surface area contributed by atoms with Gasteiger partial charge >= 0.3 is 0 Å². The maximum Gasteiger partial charge on any atom is 0.172 e. The molecular formula is C44H29NO2. The molecule has 0 saturated carbocycles. The summed E-state index contributed by atoms with van der Waals surface area (Å²) in [5.74, 6) is 2.93. The predicted molar refractivity (Wildman–Crippen MR) is 194 cm³/mol. The molecule has 0 bridgehead atoms. The van der Waals surface area contributed by atoms with Crippen LogP contribution >= 0.6 is 0 Å². The molecule has 0 aliphatic carbocycles. The van der Waals surface area contributed by atoms with Gasteiger partial charge in [0.15, 0.2) is 11.5 Å². The fourth-order valence-electron chi connectivity index (χ4n) is 6.63. The minimum absolute atomic E-state index is 0.671. The van der Waals surface area contributed by atoms with E-state index >= 15 is 0 Å². The molecule has 1 heterocycles. The molecule has 0 N–H and O–H groups in total. The van der Waals surface area contributed by atoms with Gasteiger partial charge in [0.25, 0.3) is 0 Å². The van der Waals surface area contributed by atoms with Crippen LogP contribution in [0, 0.1) is 0 Å². The van der Waals surface area contributed by atoms with E-state index in [0.717, 1.165) is 39.3 Å². The van der Waals surface area contributed by atoms with Gasteiger partial charge in [-0.15, -0.1) is 0 Å². The summed E-state index contributed by atoms with van der Waals surface area (Å²) >= 11 is 0. The van der Waals surface area contributed by atoms with Crippen LogP contribution in [0.25, 0.3) is 43.8 Å². The molecule has 0 unspecified atom stereocenters. The van der Waals surface area contributed by atoms with Crippen LogP contribution in [0.5, 0.6) is 23.0 Å². The highest BCUT2D eigenvalue weighted by Gasteiger charge is 2.21. The molecule has 0 radical (unpaired) electrons. The van der Waals surface area contributed by atoms with Crippen molar-refractivity contribution in [3.05, 3.63) is 176 Å². The van der Waals surface area contributed by atoms with E-state index in [1.165, 1.54) is 33.0 Å². The number of nitrogens with zero attached hydrogens (tertiary/aromatic N) is 1. The molecular weight excluding hydrogens is 574 g/mol. The fourth-order valence-corrected chi connectivity index (χ4v) is 6.63. The second-order valence-corrected chi connectivity index (χ2v) is 11.8. The van der Waals surface area contributed by atoms with Gasteiger partial charge in [0, 0.05) is 17.4 Å². The molecule has 9 rings (SSSR count). The van der Waals surface area contributed by atoms with Crippen molar-refractivity contribution >= 4 is 38.6 Å². The minimum Gasteiger partial charge on any atom is -0.453 e. The Labute approximate surface area is 273 Å². The van der Waals surface area contributed by atoms with E-state index in [9.17, 15) is 0 Å². The van der Waals surface area contributed by atoms with Crippen molar-refractivity contribution in [2.45, 2.75) is 0 Å². The highest BCUT2D eigenvalue weighted by atomic mass is 16.5. The van der Waals surface area contributed by atoms with Crippen molar-refractivity contribution in [2.75, 3.05) is 4.90 Å². The van der Waals surface area contributed by atoms with E-state index in [1.807, 2.05) is 36.4 Å². The van der Waals surface area contributed by atoms with Crippen LogP contribution in [0.2, 0.25) is 0 Å². The summed E-state index contributed by atoms with van der Waals surface area (Å²) in [7, 11) is 0. The zero-order chi connectivity index (χ0) is 31.2. The van der Waals surface area contributed by atoms with Crippen molar-refractivity contribution in [1.82, 2.24) is 0 Å². The maximum atomic E-state index is 6.58. The van der Waals surface area contributed by atoms with Crippen LogP contribution in [-0.2, 0) is 0 Å². The molecule has 0 atom stereocenters. The fraction of sp³-hybridized carbons (Fsp3) is 0. The zero-order valence-corrected chi connectivity index (χ0v) is 25.5. The number of fused-ring (bicyclic) bond motifs is 2. The third kappa shape index (κ3) is 4.86. The van der Waals surface area contributed by atoms with E-state index < -0.39 is 0 Å². The summed E-state index contributed by atoms with van der Waals surface area (Å²) in [6.07, 6.45) is 0. The first-order chi connectivity index (χ1) is 23.3. The van der Waals surface area contributed by atoms with Gasteiger partial charge in [-0.1, -0.05) is 121 Å². The molecule has 0 saturated heterocycles. The molecule has 0 fully saturated rings. The number of hydrogen-bond donors (Lipinski definition) is 0. The third-order valence-corrected chi connectivity index (χ3v) is 8.91. The Morgan fingerprint density at radius 2 is 0.894 bits per heavy atom. The van der Waals surface area contributed by atoms with Crippen LogP contribution in [0.3, 0.4) is 0 Å². The Balaban J connectivity index is 1.15. The maximum absolute atomic E-state index is 6.58. The molecule has 1 aliphatic heterocycles. The molecule has 47 heavy (non-hydrogen) atoms. The van der Waals surface area contributed by atoms with Crippen molar-refractivity contribution in [3.63, 3.8) is 0 Å². The lowest BCUT2D eigenvalue weighted by molar-refractivity contribution is 0.439. The standard InChI is InChI=1S/C44H29NO2/c1-2-9-30(10-3-1)31-19-23-35(24-20-31)45(36-25-21-33(22-26-36)39-16-6-12-32-11-4-5-15-38(32)39)37-27-28-40-43(29-37)47-42-18-8-14-34-13-7-17-41(46-40)44(34)42/h1-29H. The molecule has 0 spiro atoms. The SMILES string of the molecule is c1ccc(-c2ccc(N(c3ccc(-c4cccc5ccccc45)cc3)c3ccc4c(c3)Oc3cccc5cccc(c35)O4)cc2)cc1. The Hall–Kier alpha value is -6.32. The Bertz CT molecular complexity index is 2390. The molecule has 222 valence electrons. The van der Waals surface area contributed by atoms with Crippen LogP contribution < -0.4 is 14.4 Å². The quantitative estimate of drug-likeness (QED) is 0.195. The Kier molecular flexibility index (Phi) is 6.46. The summed E-state index contributed by atoms with van der Waals surface area (Å²) in [6.45, 7) is 0.